The predicted octanol–water partition coefficient (Wildman–Crippen LogP) is 3.22. The molecule has 0 unspecified atom stereocenters. The minimum absolute atomic E-state index is 0.201. The fraction of sp³-hybridized carbons (Fsp3) is 0.611. The Morgan fingerprint density at radius 3 is 2.83 bits per heavy atom. The van der Waals surface area contributed by atoms with Crippen LogP contribution in [0.4, 0.5) is 0 Å². The van der Waals surface area contributed by atoms with Gasteiger partial charge in [-0.15, -0.1) is 0 Å². The molecule has 6 nitrogen and oxygen atoms in total. The van der Waals surface area contributed by atoms with Crippen molar-refractivity contribution in [3.8, 4) is 0 Å². The molecule has 0 aromatic carbocycles. The third kappa shape index (κ3) is 3.23. The number of piperidine rings is 1. The fourth-order valence-corrected chi connectivity index (χ4v) is 3.33. The molecule has 0 spiro atoms. The monoisotopic (exact) mass is 332 g/mol. The second-order valence-corrected chi connectivity index (χ2v) is 7.24. The van der Waals surface area contributed by atoms with Gasteiger partial charge in [0.1, 0.15) is 5.76 Å². The summed E-state index contributed by atoms with van der Waals surface area (Å²) < 4.78 is 5.39. The van der Waals surface area contributed by atoms with Crippen molar-refractivity contribution in [2.75, 3.05) is 13.1 Å². The topological polar surface area (TPSA) is 83.6 Å². The highest BCUT2D eigenvalue weighted by atomic mass is 16.4. The summed E-state index contributed by atoms with van der Waals surface area (Å²) in [4.78, 5) is 30.5. The number of aliphatic carboxylic acids is 1. The zero-order valence-corrected chi connectivity index (χ0v) is 14.2. The first-order valence-electron chi connectivity index (χ1n) is 8.52. The van der Waals surface area contributed by atoms with E-state index in [-0.39, 0.29) is 12.5 Å². The largest absolute Gasteiger partial charge is 0.481 e. The summed E-state index contributed by atoms with van der Waals surface area (Å²) in [6.45, 7) is 4.71. The number of carbonyl (C=O) groups excluding carboxylic acids is 1. The van der Waals surface area contributed by atoms with E-state index in [1.54, 1.807) is 4.90 Å². The Bertz CT molecular complexity index is 670. The van der Waals surface area contributed by atoms with E-state index in [2.05, 4.69) is 4.98 Å². The van der Waals surface area contributed by atoms with E-state index in [0.717, 1.165) is 18.4 Å². The molecular formula is C18H24N2O4. The van der Waals surface area contributed by atoms with Gasteiger partial charge in [-0.2, -0.15) is 0 Å². The molecule has 1 aliphatic carbocycles. The first-order valence-corrected chi connectivity index (χ1v) is 8.52. The van der Waals surface area contributed by atoms with Gasteiger partial charge >= 0.3 is 5.97 Å². The van der Waals surface area contributed by atoms with Gasteiger partial charge in [0, 0.05) is 19.0 Å². The van der Waals surface area contributed by atoms with Crippen LogP contribution in [0.15, 0.2) is 22.5 Å². The Balaban J connectivity index is 1.80. The van der Waals surface area contributed by atoms with Crippen LogP contribution in [-0.4, -0.2) is 40.0 Å². The average molecular weight is 332 g/mol. The second kappa shape index (κ2) is 6.42. The van der Waals surface area contributed by atoms with Crippen molar-refractivity contribution in [1.82, 2.24) is 9.88 Å². The van der Waals surface area contributed by atoms with Crippen molar-refractivity contribution >= 4 is 11.9 Å². The summed E-state index contributed by atoms with van der Waals surface area (Å²) in [6, 6.07) is 0. The van der Waals surface area contributed by atoms with Crippen LogP contribution < -0.4 is 0 Å². The smallest absolute Gasteiger partial charge is 0.311 e. The zero-order valence-electron chi connectivity index (χ0n) is 14.2. The van der Waals surface area contributed by atoms with Gasteiger partial charge in [0.25, 0.3) is 5.91 Å². The Hall–Kier alpha value is -2.11. The Kier molecular flexibility index (Phi) is 4.47. The number of oxazole rings is 1. The van der Waals surface area contributed by atoms with Crippen molar-refractivity contribution in [2.45, 2.75) is 51.9 Å². The highest BCUT2D eigenvalue weighted by Crippen LogP contribution is 2.42. The van der Waals surface area contributed by atoms with Gasteiger partial charge in [0.05, 0.1) is 5.41 Å². The number of carboxylic acids is 1. The lowest BCUT2D eigenvalue weighted by molar-refractivity contribution is -0.151. The number of hydrogen-bond acceptors (Lipinski definition) is 4. The molecule has 3 rings (SSSR count). The highest BCUT2D eigenvalue weighted by molar-refractivity contribution is 5.94. The zero-order chi connectivity index (χ0) is 17.3. The Labute approximate surface area is 141 Å². The molecule has 1 saturated carbocycles. The van der Waals surface area contributed by atoms with Crippen LogP contribution in [0.2, 0.25) is 0 Å². The number of aromatic nitrogens is 1. The van der Waals surface area contributed by atoms with Crippen LogP contribution in [0.3, 0.4) is 0 Å². The lowest BCUT2D eigenvalue weighted by Crippen LogP contribution is -2.50. The SMILES string of the molecule is CC(C)=CC[C@@]1(C(=O)O)CCCN(C(=O)c2ncoc2C2CC2)C1. The maximum Gasteiger partial charge on any atom is 0.311 e. The van der Waals surface area contributed by atoms with E-state index in [4.69, 9.17) is 4.42 Å². The maximum atomic E-state index is 12.9. The van der Waals surface area contributed by atoms with Gasteiger partial charge in [0.2, 0.25) is 0 Å². The average Bonchev–Trinajstić information content (AvgIpc) is 3.29. The van der Waals surface area contributed by atoms with Crippen LogP contribution in [-0.2, 0) is 4.79 Å². The number of carboxylic acid groups (broad SMARTS) is 1. The molecule has 1 aromatic heterocycles. The van der Waals surface area contributed by atoms with Crippen molar-refractivity contribution < 1.29 is 19.1 Å². The van der Waals surface area contributed by atoms with E-state index in [1.165, 1.54) is 6.39 Å². The van der Waals surface area contributed by atoms with Crippen LogP contribution in [0.5, 0.6) is 0 Å². The number of allylic oxidation sites excluding steroid dienone is 2. The number of likely N-dealkylation sites (tertiary alicyclic amines) is 1. The van der Waals surface area contributed by atoms with E-state index < -0.39 is 11.4 Å². The lowest BCUT2D eigenvalue weighted by Gasteiger charge is -2.39. The van der Waals surface area contributed by atoms with Crippen molar-refractivity contribution in [3.63, 3.8) is 0 Å². The fourth-order valence-electron chi connectivity index (χ4n) is 3.33. The minimum atomic E-state index is -0.908. The molecule has 6 heteroatoms. The first kappa shape index (κ1) is 16.7. The molecule has 2 heterocycles. The highest BCUT2D eigenvalue weighted by Gasteiger charge is 2.44. The molecule has 0 radical (unpaired) electrons. The van der Waals surface area contributed by atoms with E-state index >= 15 is 0 Å². The normalized spacial score (nSPS) is 23.8. The van der Waals surface area contributed by atoms with Crippen molar-refractivity contribution in [1.29, 1.82) is 0 Å². The summed E-state index contributed by atoms with van der Waals surface area (Å²) in [7, 11) is 0. The molecule has 24 heavy (non-hydrogen) atoms. The van der Waals surface area contributed by atoms with E-state index in [9.17, 15) is 14.7 Å². The quantitative estimate of drug-likeness (QED) is 0.837. The van der Waals surface area contributed by atoms with Gasteiger partial charge in [-0.1, -0.05) is 11.6 Å². The van der Waals surface area contributed by atoms with Gasteiger partial charge in [-0.25, -0.2) is 4.98 Å². The second-order valence-electron chi connectivity index (χ2n) is 7.24. The predicted molar refractivity (Wildman–Crippen MR) is 87.7 cm³/mol. The van der Waals surface area contributed by atoms with Gasteiger partial charge in [-0.3, -0.25) is 9.59 Å². The minimum Gasteiger partial charge on any atom is -0.481 e. The molecule has 0 bridgehead atoms. The third-order valence-electron chi connectivity index (χ3n) is 4.96. The molecule has 1 saturated heterocycles. The number of nitrogens with zero attached hydrogens (tertiary/aromatic N) is 2. The molecule has 2 aliphatic rings. The summed E-state index contributed by atoms with van der Waals surface area (Å²) >= 11 is 0. The number of amides is 1. The summed E-state index contributed by atoms with van der Waals surface area (Å²) in [5, 5.41) is 9.78. The van der Waals surface area contributed by atoms with Crippen molar-refractivity contribution in [3.05, 3.63) is 29.5 Å². The Morgan fingerprint density at radius 2 is 2.21 bits per heavy atom. The molecule has 1 aliphatic heterocycles. The standard InChI is InChI=1S/C18H24N2O4/c1-12(2)6-8-18(17(22)23)7-3-9-20(10-18)16(21)14-15(13-4-5-13)24-11-19-14/h6,11,13H,3-5,7-10H2,1-2H3,(H,22,23)/t18-/m0/s1. The van der Waals surface area contributed by atoms with Crippen LogP contribution in [0.1, 0.15) is 68.1 Å². The molecule has 1 aromatic rings. The van der Waals surface area contributed by atoms with Crippen LogP contribution in [0, 0.1) is 5.41 Å². The maximum absolute atomic E-state index is 12.9. The number of hydrogen-bond donors (Lipinski definition) is 1. The summed E-state index contributed by atoms with van der Waals surface area (Å²) in [6.07, 6.45) is 7.04. The number of carbonyl (C=O) groups is 2. The molecule has 130 valence electrons. The van der Waals surface area contributed by atoms with Gasteiger partial charge in [-0.05, 0) is 46.0 Å². The third-order valence-corrected chi connectivity index (χ3v) is 4.96. The Morgan fingerprint density at radius 1 is 1.46 bits per heavy atom. The molecule has 1 atom stereocenters. The number of rotatable bonds is 5. The molecule has 1 amide bonds. The summed E-state index contributed by atoms with van der Waals surface area (Å²) in [5.74, 6) is -0.0739. The van der Waals surface area contributed by atoms with E-state index in [0.29, 0.717) is 43.2 Å². The molecule has 1 N–H and O–H groups in total. The summed E-state index contributed by atoms with van der Waals surface area (Å²) in [5.41, 5.74) is 0.543. The lowest BCUT2D eigenvalue weighted by atomic mass is 9.76. The van der Waals surface area contributed by atoms with Gasteiger partial charge < -0.3 is 14.4 Å². The van der Waals surface area contributed by atoms with Crippen LogP contribution in [0.25, 0.3) is 0 Å². The van der Waals surface area contributed by atoms with Crippen LogP contribution >= 0.6 is 0 Å². The van der Waals surface area contributed by atoms with E-state index in [1.807, 2.05) is 19.9 Å². The van der Waals surface area contributed by atoms with Gasteiger partial charge in [0.15, 0.2) is 12.1 Å². The van der Waals surface area contributed by atoms with Crippen molar-refractivity contribution in [2.24, 2.45) is 5.41 Å². The molecular weight excluding hydrogens is 308 g/mol. The first-order chi connectivity index (χ1) is 11.4. The molecule has 2 fully saturated rings.